The molecule has 304 valence electrons. The van der Waals surface area contributed by atoms with Crippen molar-refractivity contribution in [3.63, 3.8) is 0 Å². The topological polar surface area (TPSA) is 149 Å². The number of hydrogen-bond acceptors (Lipinski definition) is 8. The van der Waals surface area contributed by atoms with E-state index in [1.54, 1.807) is 6.08 Å². The van der Waals surface area contributed by atoms with E-state index in [-0.39, 0.29) is 12.5 Å². The molecule has 0 aromatic heterocycles. The van der Waals surface area contributed by atoms with Gasteiger partial charge in [0.05, 0.1) is 25.4 Å². The zero-order valence-corrected chi connectivity index (χ0v) is 33.1. The Bertz CT molecular complexity index is 910. The van der Waals surface area contributed by atoms with E-state index in [0.717, 1.165) is 57.8 Å². The van der Waals surface area contributed by atoms with E-state index in [9.17, 15) is 30.3 Å². The number of amides is 1. The van der Waals surface area contributed by atoms with Gasteiger partial charge >= 0.3 is 0 Å². The highest BCUT2D eigenvalue weighted by Gasteiger charge is 2.44. The molecular weight excluding hydrogens is 658 g/mol. The fourth-order valence-corrected chi connectivity index (χ4v) is 6.48. The van der Waals surface area contributed by atoms with Crippen LogP contribution in [0.25, 0.3) is 0 Å². The summed E-state index contributed by atoms with van der Waals surface area (Å²) in [4.78, 5) is 12.7. The number of hydrogen-bond donors (Lipinski definition) is 6. The van der Waals surface area contributed by atoms with E-state index >= 15 is 0 Å². The molecule has 9 nitrogen and oxygen atoms in total. The number of ether oxygens (including phenoxy) is 2. The molecule has 1 fully saturated rings. The van der Waals surface area contributed by atoms with Crippen molar-refractivity contribution in [2.24, 2.45) is 0 Å². The van der Waals surface area contributed by atoms with Crippen LogP contribution in [0.3, 0.4) is 0 Å². The number of unbranched alkanes of at least 4 members (excludes halogenated alkanes) is 20. The molecule has 0 bridgehead atoms. The molecule has 0 aliphatic carbocycles. The molecular formula is C43H79NO8. The number of rotatable bonds is 34. The van der Waals surface area contributed by atoms with Gasteiger partial charge in [-0.25, -0.2) is 0 Å². The van der Waals surface area contributed by atoms with Crippen LogP contribution in [0.5, 0.6) is 0 Å². The fraction of sp³-hybridized carbons (Fsp3) is 0.837. The molecule has 6 N–H and O–H groups in total. The quantitative estimate of drug-likeness (QED) is 0.0287. The van der Waals surface area contributed by atoms with Gasteiger partial charge in [0.25, 0.3) is 0 Å². The molecule has 0 aromatic rings. The summed E-state index contributed by atoms with van der Waals surface area (Å²) in [5.74, 6) is -0.206. The standard InChI is InChI=1S/C43H79NO8/c1-3-5-7-9-10-11-12-13-14-15-16-17-18-19-20-21-22-23-24-25-26-27-29-30-32-37(46)36(44-39(47)33-31-28-8-6-4-2)35-51-43-42(50)41(49)40(48)38(34-45)52-43/h21-22,25-26,30,32,36-38,40-43,45-46,48-50H,3-20,23-24,27-29,31,33-35H2,1-2H3,(H,44,47)/b22-21+,26-25+,32-30+. The average Bonchev–Trinajstić information content (AvgIpc) is 3.14. The highest BCUT2D eigenvalue weighted by molar-refractivity contribution is 5.76. The van der Waals surface area contributed by atoms with Crippen molar-refractivity contribution in [1.29, 1.82) is 0 Å². The maximum Gasteiger partial charge on any atom is 0.220 e. The summed E-state index contributed by atoms with van der Waals surface area (Å²) in [6.45, 7) is 3.64. The first-order valence-electron chi connectivity index (χ1n) is 21.2. The van der Waals surface area contributed by atoms with Gasteiger partial charge < -0.3 is 40.3 Å². The van der Waals surface area contributed by atoms with Crippen LogP contribution in [0.15, 0.2) is 36.5 Å². The summed E-state index contributed by atoms with van der Waals surface area (Å²) < 4.78 is 11.1. The van der Waals surface area contributed by atoms with Gasteiger partial charge in [-0.05, 0) is 44.9 Å². The van der Waals surface area contributed by atoms with Gasteiger partial charge in [-0.3, -0.25) is 4.79 Å². The SMILES string of the molecule is CCCCCCCCCCCCCCCC/C=C/CC/C=C/CC/C=C/C(O)C(COC1OC(CO)C(O)C(O)C1O)NC(=O)CCCCCCC. The van der Waals surface area contributed by atoms with Crippen molar-refractivity contribution in [3.05, 3.63) is 36.5 Å². The highest BCUT2D eigenvalue weighted by Crippen LogP contribution is 2.22. The summed E-state index contributed by atoms with van der Waals surface area (Å²) in [5, 5.41) is 53.7. The number of nitrogens with one attached hydrogen (secondary N) is 1. The Hall–Kier alpha value is -1.59. The van der Waals surface area contributed by atoms with E-state index < -0.39 is 49.5 Å². The third kappa shape index (κ3) is 24.7. The fourth-order valence-electron chi connectivity index (χ4n) is 6.48. The molecule has 0 spiro atoms. The number of aliphatic hydroxyl groups is 5. The van der Waals surface area contributed by atoms with Gasteiger partial charge in [0, 0.05) is 6.42 Å². The summed E-state index contributed by atoms with van der Waals surface area (Å²) >= 11 is 0. The molecule has 1 heterocycles. The Morgan fingerprint density at radius 1 is 0.635 bits per heavy atom. The Labute approximate surface area is 317 Å². The second-order valence-electron chi connectivity index (χ2n) is 14.8. The van der Waals surface area contributed by atoms with Gasteiger partial charge in [0.15, 0.2) is 6.29 Å². The highest BCUT2D eigenvalue weighted by atomic mass is 16.7. The van der Waals surface area contributed by atoms with Gasteiger partial charge in [-0.15, -0.1) is 0 Å². The summed E-state index contributed by atoms with van der Waals surface area (Å²) in [6.07, 6.45) is 33.9. The second kappa shape index (κ2) is 33.9. The molecule has 7 unspecified atom stereocenters. The van der Waals surface area contributed by atoms with Crippen LogP contribution in [0, 0.1) is 0 Å². The van der Waals surface area contributed by atoms with Crippen LogP contribution in [0.4, 0.5) is 0 Å². The molecule has 0 saturated carbocycles. The second-order valence-corrected chi connectivity index (χ2v) is 14.8. The first-order valence-corrected chi connectivity index (χ1v) is 21.2. The molecule has 1 rings (SSSR count). The number of carbonyl (C=O) groups is 1. The molecule has 1 saturated heterocycles. The third-order valence-electron chi connectivity index (χ3n) is 9.95. The van der Waals surface area contributed by atoms with Crippen molar-refractivity contribution in [3.8, 4) is 0 Å². The van der Waals surface area contributed by atoms with Crippen LogP contribution in [0.1, 0.15) is 174 Å². The minimum Gasteiger partial charge on any atom is -0.394 e. The number of carbonyl (C=O) groups excluding carboxylic acids is 1. The average molecular weight is 738 g/mol. The smallest absolute Gasteiger partial charge is 0.220 e. The van der Waals surface area contributed by atoms with Crippen LogP contribution < -0.4 is 5.32 Å². The lowest BCUT2D eigenvalue weighted by molar-refractivity contribution is -0.302. The Morgan fingerprint density at radius 2 is 1.10 bits per heavy atom. The predicted octanol–water partition coefficient (Wildman–Crippen LogP) is 8.11. The van der Waals surface area contributed by atoms with Crippen molar-refractivity contribution < 1.29 is 39.8 Å². The number of allylic oxidation sites excluding steroid dienone is 5. The van der Waals surface area contributed by atoms with E-state index in [0.29, 0.717) is 6.42 Å². The molecule has 0 aromatic carbocycles. The Morgan fingerprint density at radius 3 is 1.62 bits per heavy atom. The maximum atomic E-state index is 12.7. The summed E-state index contributed by atoms with van der Waals surface area (Å²) in [5.41, 5.74) is 0. The van der Waals surface area contributed by atoms with Crippen molar-refractivity contribution in [2.75, 3.05) is 13.2 Å². The summed E-state index contributed by atoms with van der Waals surface area (Å²) in [6, 6.07) is -0.821. The normalized spacial score (nSPS) is 22.2. The minimum atomic E-state index is -1.57. The van der Waals surface area contributed by atoms with Crippen LogP contribution in [-0.4, -0.2) is 87.5 Å². The molecule has 9 heteroatoms. The summed E-state index contributed by atoms with van der Waals surface area (Å²) in [7, 11) is 0. The molecule has 1 aliphatic rings. The van der Waals surface area contributed by atoms with Gasteiger partial charge in [0.1, 0.15) is 24.4 Å². The van der Waals surface area contributed by atoms with E-state index in [1.807, 2.05) is 6.08 Å². The zero-order valence-electron chi connectivity index (χ0n) is 33.1. The van der Waals surface area contributed by atoms with Gasteiger partial charge in [0.2, 0.25) is 5.91 Å². The first-order chi connectivity index (χ1) is 25.3. The van der Waals surface area contributed by atoms with Gasteiger partial charge in [-0.2, -0.15) is 0 Å². The minimum absolute atomic E-state index is 0.206. The largest absolute Gasteiger partial charge is 0.394 e. The van der Waals surface area contributed by atoms with Crippen molar-refractivity contribution in [1.82, 2.24) is 5.32 Å². The lowest BCUT2D eigenvalue weighted by Crippen LogP contribution is -2.60. The Kier molecular flexibility index (Phi) is 31.6. The molecule has 0 radical (unpaired) electrons. The monoisotopic (exact) mass is 738 g/mol. The van der Waals surface area contributed by atoms with Crippen LogP contribution in [0.2, 0.25) is 0 Å². The zero-order chi connectivity index (χ0) is 38.1. The van der Waals surface area contributed by atoms with E-state index in [2.05, 4.69) is 43.5 Å². The third-order valence-corrected chi connectivity index (χ3v) is 9.95. The van der Waals surface area contributed by atoms with Crippen molar-refractivity contribution >= 4 is 5.91 Å². The lowest BCUT2D eigenvalue weighted by Gasteiger charge is -2.40. The van der Waals surface area contributed by atoms with E-state index in [1.165, 1.54) is 96.3 Å². The molecule has 7 atom stereocenters. The van der Waals surface area contributed by atoms with Crippen LogP contribution in [-0.2, 0) is 14.3 Å². The Balaban J connectivity index is 2.27. The molecule has 52 heavy (non-hydrogen) atoms. The predicted molar refractivity (Wildman–Crippen MR) is 212 cm³/mol. The lowest BCUT2D eigenvalue weighted by atomic mass is 9.99. The molecule has 1 amide bonds. The van der Waals surface area contributed by atoms with E-state index in [4.69, 9.17) is 9.47 Å². The van der Waals surface area contributed by atoms with Crippen molar-refractivity contribution in [2.45, 2.75) is 217 Å². The maximum absolute atomic E-state index is 12.7. The first kappa shape index (κ1) is 48.4. The van der Waals surface area contributed by atoms with Gasteiger partial charge in [-0.1, -0.05) is 159 Å². The van der Waals surface area contributed by atoms with Crippen LogP contribution >= 0.6 is 0 Å². The molecule has 1 aliphatic heterocycles. The number of aliphatic hydroxyl groups excluding tert-OH is 5.